The fourth-order valence-corrected chi connectivity index (χ4v) is 1.62. The van der Waals surface area contributed by atoms with Crippen molar-refractivity contribution >= 4 is 0 Å². The molecule has 0 unspecified atom stereocenters. The molecule has 1 N–H and O–H groups in total. The second kappa shape index (κ2) is 4.04. The zero-order valence-electron chi connectivity index (χ0n) is 8.38. The van der Waals surface area contributed by atoms with Crippen molar-refractivity contribution in [2.45, 2.75) is 12.6 Å². The lowest BCUT2D eigenvalue weighted by atomic mass is 10.0. The molecule has 0 amide bonds. The van der Waals surface area contributed by atoms with Crippen molar-refractivity contribution in [2.75, 3.05) is 0 Å². The number of alkyl halides is 3. The lowest BCUT2D eigenvalue weighted by Crippen LogP contribution is -2.06. The second-order valence-electron chi connectivity index (χ2n) is 3.55. The van der Waals surface area contributed by atoms with Crippen LogP contribution in [0, 0.1) is 0 Å². The fraction of sp³-hybridized carbons (Fsp3) is 0.167. The third-order valence-corrected chi connectivity index (χ3v) is 2.37. The first-order valence-corrected chi connectivity index (χ1v) is 4.84. The molecular formula is C12H10F3N. The number of H-pyrrole nitrogens is 1. The van der Waals surface area contributed by atoms with Gasteiger partial charge in [0.15, 0.2) is 0 Å². The number of hydrogen-bond acceptors (Lipinski definition) is 0. The molecule has 2 aromatic rings. The van der Waals surface area contributed by atoms with Gasteiger partial charge in [-0.3, -0.25) is 0 Å². The Morgan fingerprint density at radius 1 is 1.00 bits per heavy atom. The first kappa shape index (κ1) is 10.8. The number of aromatic amines is 1. The zero-order chi connectivity index (χ0) is 11.6. The first-order chi connectivity index (χ1) is 7.57. The van der Waals surface area contributed by atoms with Crippen molar-refractivity contribution in [3.8, 4) is 0 Å². The van der Waals surface area contributed by atoms with Crippen LogP contribution in [-0.2, 0) is 12.6 Å². The van der Waals surface area contributed by atoms with Crippen molar-refractivity contribution in [1.82, 2.24) is 4.98 Å². The van der Waals surface area contributed by atoms with E-state index in [1.807, 2.05) is 30.3 Å². The van der Waals surface area contributed by atoms with Gasteiger partial charge in [-0.05, 0) is 17.5 Å². The summed E-state index contributed by atoms with van der Waals surface area (Å²) >= 11 is 0. The zero-order valence-corrected chi connectivity index (χ0v) is 8.38. The molecule has 0 saturated heterocycles. The summed E-state index contributed by atoms with van der Waals surface area (Å²) in [5.41, 5.74) is 0.558. The Labute approximate surface area is 90.9 Å². The van der Waals surface area contributed by atoms with E-state index in [0.29, 0.717) is 6.42 Å². The predicted molar refractivity (Wildman–Crippen MR) is 55.0 cm³/mol. The SMILES string of the molecule is FC(F)(F)c1c[nH]cc1Cc1ccccc1. The van der Waals surface area contributed by atoms with Crippen molar-refractivity contribution in [2.24, 2.45) is 0 Å². The summed E-state index contributed by atoms with van der Waals surface area (Å²) in [5.74, 6) is 0. The van der Waals surface area contributed by atoms with Crippen LogP contribution in [-0.4, -0.2) is 4.98 Å². The normalized spacial score (nSPS) is 11.7. The van der Waals surface area contributed by atoms with Gasteiger partial charge in [-0.2, -0.15) is 13.2 Å². The molecule has 0 radical (unpaired) electrons. The number of halogens is 3. The Bertz CT molecular complexity index is 457. The van der Waals surface area contributed by atoms with Gasteiger partial charge in [-0.25, -0.2) is 0 Å². The highest BCUT2D eigenvalue weighted by atomic mass is 19.4. The van der Waals surface area contributed by atoms with Crippen molar-refractivity contribution in [3.63, 3.8) is 0 Å². The van der Waals surface area contributed by atoms with E-state index in [2.05, 4.69) is 4.98 Å². The summed E-state index contributed by atoms with van der Waals surface area (Å²) in [4.78, 5) is 2.51. The van der Waals surface area contributed by atoms with E-state index >= 15 is 0 Å². The smallest absolute Gasteiger partial charge is 0.367 e. The lowest BCUT2D eigenvalue weighted by Gasteiger charge is -2.07. The summed E-state index contributed by atoms with van der Waals surface area (Å²) < 4.78 is 37.7. The average Bonchev–Trinajstić information content (AvgIpc) is 2.67. The molecule has 0 aliphatic rings. The Morgan fingerprint density at radius 2 is 1.69 bits per heavy atom. The molecular weight excluding hydrogens is 215 g/mol. The Hall–Kier alpha value is -1.71. The second-order valence-corrected chi connectivity index (χ2v) is 3.55. The van der Waals surface area contributed by atoms with Crippen LogP contribution in [0.2, 0.25) is 0 Å². The van der Waals surface area contributed by atoms with Gasteiger partial charge in [0.1, 0.15) is 0 Å². The minimum Gasteiger partial charge on any atom is -0.367 e. The van der Waals surface area contributed by atoms with Gasteiger partial charge in [0.05, 0.1) is 5.56 Å². The number of nitrogens with one attached hydrogen (secondary N) is 1. The molecule has 1 nitrogen and oxygen atoms in total. The van der Waals surface area contributed by atoms with E-state index in [-0.39, 0.29) is 5.56 Å². The van der Waals surface area contributed by atoms with E-state index in [0.717, 1.165) is 11.8 Å². The standard InChI is InChI=1S/C12H10F3N/c13-12(14,15)11-8-16-7-10(11)6-9-4-2-1-3-5-9/h1-5,7-8,16H,6H2. The van der Waals surface area contributed by atoms with Crippen molar-refractivity contribution in [3.05, 3.63) is 59.4 Å². The van der Waals surface area contributed by atoms with E-state index in [4.69, 9.17) is 0 Å². The van der Waals surface area contributed by atoms with Crippen molar-refractivity contribution in [1.29, 1.82) is 0 Å². The third kappa shape index (κ3) is 2.27. The van der Waals surface area contributed by atoms with Crippen LogP contribution >= 0.6 is 0 Å². The number of rotatable bonds is 2. The Morgan fingerprint density at radius 3 is 2.31 bits per heavy atom. The molecule has 2 rings (SSSR count). The van der Waals surface area contributed by atoms with Crippen LogP contribution in [0.1, 0.15) is 16.7 Å². The minimum absolute atomic E-state index is 0.277. The summed E-state index contributed by atoms with van der Waals surface area (Å²) in [6.07, 6.45) is -1.60. The van der Waals surface area contributed by atoms with Crippen LogP contribution in [0.4, 0.5) is 13.2 Å². The highest BCUT2D eigenvalue weighted by Gasteiger charge is 2.33. The molecule has 84 valence electrons. The van der Waals surface area contributed by atoms with Crippen molar-refractivity contribution < 1.29 is 13.2 Å². The number of hydrogen-bond donors (Lipinski definition) is 1. The third-order valence-electron chi connectivity index (χ3n) is 2.37. The van der Waals surface area contributed by atoms with Gasteiger partial charge in [-0.1, -0.05) is 30.3 Å². The van der Waals surface area contributed by atoms with Crippen LogP contribution in [0.3, 0.4) is 0 Å². The van der Waals surface area contributed by atoms with Crippen LogP contribution in [0.5, 0.6) is 0 Å². The molecule has 0 atom stereocenters. The molecule has 0 aliphatic carbocycles. The Kier molecular flexibility index (Phi) is 2.73. The largest absolute Gasteiger partial charge is 0.418 e. The van der Waals surface area contributed by atoms with Gasteiger partial charge in [0.25, 0.3) is 0 Å². The minimum atomic E-state index is -4.29. The molecule has 16 heavy (non-hydrogen) atoms. The summed E-state index contributed by atoms with van der Waals surface area (Å²) in [6, 6.07) is 9.09. The van der Waals surface area contributed by atoms with E-state index < -0.39 is 11.7 Å². The van der Waals surface area contributed by atoms with Gasteiger partial charge < -0.3 is 4.98 Å². The molecule has 1 aromatic heterocycles. The highest BCUT2D eigenvalue weighted by Crippen LogP contribution is 2.32. The Balaban J connectivity index is 2.26. The molecule has 0 fully saturated rings. The molecule has 0 saturated carbocycles. The van der Waals surface area contributed by atoms with E-state index in [9.17, 15) is 13.2 Å². The maximum Gasteiger partial charge on any atom is 0.418 e. The summed E-state index contributed by atoms with van der Waals surface area (Å²) in [5, 5.41) is 0. The van der Waals surface area contributed by atoms with Crippen LogP contribution in [0.25, 0.3) is 0 Å². The fourth-order valence-electron chi connectivity index (χ4n) is 1.62. The highest BCUT2D eigenvalue weighted by molar-refractivity contribution is 5.32. The lowest BCUT2D eigenvalue weighted by molar-refractivity contribution is -0.138. The van der Waals surface area contributed by atoms with Gasteiger partial charge in [-0.15, -0.1) is 0 Å². The predicted octanol–water partition coefficient (Wildman–Crippen LogP) is 3.62. The maximum atomic E-state index is 12.6. The van der Waals surface area contributed by atoms with E-state index in [1.54, 1.807) is 0 Å². The average molecular weight is 225 g/mol. The van der Waals surface area contributed by atoms with E-state index in [1.165, 1.54) is 6.20 Å². The number of aromatic nitrogens is 1. The van der Waals surface area contributed by atoms with Crippen LogP contribution < -0.4 is 0 Å². The quantitative estimate of drug-likeness (QED) is 0.803. The molecule has 0 bridgehead atoms. The topological polar surface area (TPSA) is 15.8 Å². The number of benzene rings is 1. The van der Waals surface area contributed by atoms with Crippen LogP contribution in [0.15, 0.2) is 42.7 Å². The summed E-state index contributed by atoms with van der Waals surface area (Å²) in [7, 11) is 0. The molecule has 0 aliphatic heterocycles. The molecule has 1 heterocycles. The first-order valence-electron chi connectivity index (χ1n) is 4.84. The molecule has 0 spiro atoms. The molecule has 1 aromatic carbocycles. The molecule has 4 heteroatoms. The monoisotopic (exact) mass is 225 g/mol. The maximum absolute atomic E-state index is 12.6. The van der Waals surface area contributed by atoms with Gasteiger partial charge in [0.2, 0.25) is 0 Å². The summed E-state index contributed by atoms with van der Waals surface area (Å²) in [6.45, 7) is 0. The van der Waals surface area contributed by atoms with Gasteiger partial charge in [0, 0.05) is 12.4 Å². The van der Waals surface area contributed by atoms with Gasteiger partial charge >= 0.3 is 6.18 Å².